The third kappa shape index (κ3) is 2.51. The van der Waals surface area contributed by atoms with Crippen LogP contribution < -0.4 is 16.8 Å². The van der Waals surface area contributed by atoms with E-state index >= 15 is 0 Å². The predicted octanol–water partition coefficient (Wildman–Crippen LogP) is -0.713. The Labute approximate surface area is 75.5 Å². The first-order chi connectivity index (χ1) is 6.27. The third-order valence-corrected chi connectivity index (χ3v) is 1.58. The molecule has 0 aliphatic rings. The summed E-state index contributed by atoms with van der Waals surface area (Å²) in [5.74, 6) is 4.59. The van der Waals surface area contributed by atoms with Crippen LogP contribution in [0.15, 0.2) is 24.3 Å². The lowest BCUT2D eigenvalue weighted by Crippen LogP contribution is -2.42. The van der Waals surface area contributed by atoms with E-state index in [1.807, 2.05) is 5.53 Å². The number of aliphatic hydroxyl groups is 1. The Balaban J connectivity index is 2.74. The lowest BCUT2D eigenvalue weighted by Gasteiger charge is -2.02. The van der Waals surface area contributed by atoms with Gasteiger partial charge in [-0.1, -0.05) is 12.1 Å². The first-order valence-corrected chi connectivity index (χ1v) is 3.73. The first-order valence-electron chi connectivity index (χ1n) is 3.73. The van der Waals surface area contributed by atoms with Crippen LogP contribution in [0.2, 0.25) is 0 Å². The number of rotatable bonds is 3. The zero-order valence-corrected chi connectivity index (χ0v) is 6.95. The molecule has 0 aliphatic carbocycles. The Hall–Kier alpha value is -1.43. The fourth-order valence-corrected chi connectivity index (χ4v) is 0.899. The van der Waals surface area contributed by atoms with Crippen LogP contribution in [-0.2, 0) is 6.61 Å². The van der Waals surface area contributed by atoms with Gasteiger partial charge in [-0.25, -0.2) is 0 Å². The second-order valence-corrected chi connectivity index (χ2v) is 2.45. The van der Waals surface area contributed by atoms with Crippen molar-refractivity contribution < 1.29 is 9.90 Å². The zero-order chi connectivity index (χ0) is 9.68. The van der Waals surface area contributed by atoms with Crippen molar-refractivity contribution in [3.63, 3.8) is 0 Å². The van der Waals surface area contributed by atoms with Crippen molar-refractivity contribution in [1.29, 1.82) is 0 Å². The molecule has 70 valence electrons. The van der Waals surface area contributed by atoms with Gasteiger partial charge in [0.1, 0.15) is 0 Å². The minimum absolute atomic E-state index is 0.0307. The molecule has 0 heterocycles. The number of hydrogen-bond acceptors (Lipinski definition) is 4. The summed E-state index contributed by atoms with van der Waals surface area (Å²) in [4.78, 5) is 11.1. The monoisotopic (exact) mass is 181 g/mol. The van der Waals surface area contributed by atoms with Gasteiger partial charge in [-0.3, -0.25) is 16.1 Å². The van der Waals surface area contributed by atoms with Crippen molar-refractivity contribution in [3.8, 4) is 0 Å². The first kappa shape index (κ1) is 9.66. The molecule has 0 spiro atoms. The number of carbonyl (C=O) groups excluding carboxylic acids is 1. The standard InChI is InChI=1S/C8H11N3O2/c9-11-10-8(13)7-3-1-6(5-12)2-4-7/h1-4,11-12H,5,9H2,(H,10,13). The fourth-order valence-electron chi connectivity index (χ4n) is 0.899. The molecule has 13 heavy (non-hydrogen) atoms. The van der Waals surface area contributed by atoms with Gasteiger partial charge < -0.3 is 5.11 Å². The van der Waals surface area contributed by atoms with Crippen molar-refractivity contribution in [2.45, 2.75) is 6.61 Å². The SMILES string of the molecule is NNNC(=O)c1ccc(CO)cc1. The molecule has 0 radical (unpaired) electrons. The van der Waals surface area contributed by atoms with Crippen molar-refractivity contribution in [3.05, 3.63) is 35.4 Å². The number of amides is 1. The molecule has 1 aromatic carbocycles. The van der Waals surface area contributed by atoms with Crippen molar-refractivity contribution in [1.82, 2.24) is 11.0 Å². The lowest BCUT2D eigenvalue weighted by atomic mass is 10.1. The molecule has 1 amide bonds. The maximum Gasteiger partial charge on any atom is 0.266 e. The Kier molecular flexibility index (Phi) is 3.39. The van der Waals surface area contributed by atoms with Crippen LogP contribution in [0.1, 0.15) is 15.9 Å². The number of carbonyl (C=O) groups is 1. The van der Waals surface area contributed by atoms with E-state index in [-0.39, 0.29) is 12.5 Å². The minimum Gasteiger partial charge on any atom is -0.392 e. The van der Waals surface area contributed by atoms with Gasteiger partial charge in [0, 0.05) is 5.56 Å². The number of hydrazine groups is 2. The minimum atomic E-state index is -0.313. The summed E-state index contributed by atoms with van der Waals surface area (Å²) in [7, 11) is 0. The summed E-state index contributed by atoms with van der Waals surface area (Å²) in [6.45, 7) is -0.0307. The van der Waals surface area contributed by atoms with E-state index in [1.165, 1.54) is 0 Å². The van der Waals surface area contributed by atoms with Gasteiger partial charge in [0.2, 0.25) is 0 Å². The molecule has 1 rings (SSSR count). The zero-order valence-electron chi connectivity index (χ0n) is 6.95. The second-order valence-electron chi connectivity index (χ2n) is 2.45. The molecule has 1 aromatic rings. The molecule has 5 nitrogen and oxygen atoms in total. The van der Waals surface area contributed by atoms with Crippen LogP contribution in [0.4, 0.5) is 0 Å². The predicted molar refractivity (Wildman–Crippen MR) is 47.2 cm³/mol. The van der Waals surface area contributed by atoms with E-state index in [1.54, 1.807) is 24.3 Å². The smallest absolute Gasteiger partial charge is 0.266 e. The van der Waals surface area contributed by atoms with Crippen molar-refractivity contribution >= 4 is 5.91 Å². The Bertz CT molecular complexity index is 284. The van der Waals surface area contributed by atoms with E-state index in [2.05, 4.69) is 5.43 Å². The normalized spacial score (nSPS) is 9.69. The average Bonchev–Trinajstić information content (AvgIpc) is 2.18. The quantitative estimate of drug-likeness (QED) is 0.366. The fraction of sp³-hybridized carbons (Fsp3) is 0.125. The Morgan fingerprint density at radius 2 is 2.00 bits per heavy atom. The van der Waals surface area contributed by atoms with Crippen LogP contribution in [0.3, 0.4) is 0 Å². The number of benzene rings is 1. The molecule has 0 fully saturated rings. The van der Waals surface area contributed by atoms with Gasteiger partial charge in [0.05, 0.1) is 6.61 Å². The topological polar surface area (TPSA) is 87.4 Å². The summed E-state index contributed by atoms with van der Waals surface area (Å²) >= 11 is 0. The number of aliphatic hydroxyl groups excluding tert-OH is 1. The largest absolute Gasteiger partial charge is 0.392 e. The van der Waals surface area contributed by atoms with E-state index in [4.69, 9.17) is 10.9 Å². The highest BCUT2D eigenvalue weighted by molar-refractivity contribution is 5.93. The Morgan fingerprint density at radius 1 is 1.38 bits per heavy atom. The molecule has 5 heteroatoms. The van der Waals surface area contributed by atoms with Crippen LogP contribution in [-0.4, -0.2) is 11.0 Å². The van der Waals surface area contributed by atoms with E-state index in [0.29, 0.717) is 5.56 Å². The second kappa shape index (κ2) is 4.56. The highest BCUT2D eigenvalue weighted by atomic mass is 16.3. The van der Waals surface area contributed by atoms with Crippen molar-refractivity contribution in [2.75, 3.05) is 0 Å². The van der Waals surface area contributed by atoms with E-state index in [0.717, 1.165) is 5.56 Å². The van der Waals surface area contributed by atoms with Gasteiger partial charge in [0.25, 0.3) is 5.91 Å². The number of nitrogens with two attached hydrogens (primary N) is 1. The molecule has 0 saturated carbocycles. The molecular weight excluding hydrogens is 170 g/mol. The Morgan fingerprint density at radius 3 is 2.46 bits per heavy atom. The van der Waals surface area contributed by atoms with Gasteiger partial charge in [-0.05, 0) is 17.7 Å². The van der Waals surface area contributed by atoms with Crippen LogP contribution in [0.5, 0.6) is 0 Å². The number of nitrogens with one attached hydrogen (secondary N) is 2. The highest BCUT2D eigenvalue weighted by Gasteiger charge is 2.02. The van der Waals surface area contributed by atoms with Crippen LogP contribution in [0, 0.1) is 0 Å². The number of hydrogen-bond donors (Lipinski definition) is 4. The van der Waals surface area contributed by atoms with Gasteiger partial charge >= 0.3 is 0 Å². The maximum atomic E-state index is 11.1. The molecular formula is C8H11N3O2. The molecule has 5 N–H and O–H groups in total. The summed E-state index contributed by atoms with van der Waals surface area (Å²) in [6, 6.07) is 6.56. The van der Waals surface area contributed by atoms with Crippen LogP contribution >= 0.6 is 0 Å². The lowest BCUT2D eigenvalue weighted by molar-refractivity contribution is 0.0933. The van der Waals surface area contributed by atoms with E-state index < -0.39 is 0 Å². The van der Waals surface area contributed by atoms with E-state index in [9.17, 15) is 4.79 Å². The third-order valence-electron chi connectivity index (χ3n) is 1.58. The molecule has 0 aliphatic heterocycles. The molecule has 0 bridgehead atoms. The molecule has 0 unspecified atom stereocenters. The van der Waals surface area contributed by atoms with Crippen molar-refractivity contribution in [2.24, 2.45) is 5.84 Å². The van der Waals surface area contributed by atoms with Gasteiger partial charge in [0.15, 0.2) is 0 Å². The van der Waals surface area contributed by atoms with Crippen LogP contribution in [0.25, 0.3) is 0 Å². The summed E-state index contributed by atoms with van der Waals surface area (Å²) in [5, 5.41) is 8.74. The van der Waals surface area contributed by atoms with Gasteiger partial charge in [-0.2, -0.15) is 5.53 Å². The maximum absolute atomic E-state index is 11.1. The summed E-state index contributed by atoms with van der Waals surface area (Å²) < 4.78 is 0. The summed E-state index contributed by atoms with van der Waals surface area (Å²) in [5.41, 5.74) is 5.51. The average molecular weight is 181 g/mol. The van der Waals surface area contributed by atoms with Gasteiger partial charge in [-0.15, -0.1) is 0 Å². The molecule has 0 atom stereocenters. The highest BCUT2D eigenvalue weighted by Crippen LogP contribution is 2.03. The molecule has 0 saturated heterocycles. The molecule has 0 aromatic heterocycles. The summed E-state index contributed by atoms with van der Waals surface area (Å²) in [6.07, 6.45) is 0.